The number of rotatable bonds is 4. The van der Waals surface area contributed by atoms with Crippen LogP contribution in [0.15, 0.2) is 0 Å². The Morgan fingerprint density at radius 1 is 1.05 bits per heavy atom. The number of ketones is 1. The number of Topliss-reactive ketones (excluding diaryl/α,β-unsaturated/α-hetero) is 1. The summed E-state index contributed by atoms with van der Waals surface area (Å²) >= 11 is 0. The van der Waals surface area contributed by atoms with Gasteiger partial charge in [-0.25, -0.2) is 13.6 Å². The molecule has 0 saturated carbocycles. The van der Waals surface area contributed by atoms with E-state index in [4.69, 9.17) is 0 Å². The summed E-state index contributed by atoms with van der Waals surface area (Å²) in [5, 5.41) is 4.37. The van der Waals surface area contributed by atoms with E-state index in [2.05, 4.69) is 5.32 Å². The SMILES string of the molecule is CC.CC.CC(=O)C(NC(=O)NCC(F)F)C(C)(C)C. The highest BCUT2D eigenvalue weighted by Crippen LogP contribution is 2.19. The summed E-state index contributed by atoms with van der Waals surface area (Å²) in [6, 6.07) is -1.44. The van der Waals surface area contributed by atoms with Gasteiger partial charge in [0.1, 0.15) is 0 Å². The Kier molecular flexibility index (Phi) is 15.3. The smallest absolute Gasteiger partial charge is 0.315 e. The molecule has 4 nitrogen and oxygen atoms in total. The predicted octanol–water partition coefficient (Wildman–Crippen LogP) is 3.61. The third-order valence-electron chi connectivity index (χ3n) is 1.96. The van der Waals surface area contributed by atoms with Gasteiger partial charge in [-0.1, -0.05) is 48.5 Å². The van der Waals surface area contributed by atoms with Crippen LogP contribution in [0.4, 0.5) is 13.6 Å². The molecule has 0 aliphatic heterocycles. The summed E-state index contributed by atoms with van der Waals surface area (Å²) < 4.78 is 23.6. The van der Waals surface area contributed by atoms with Crippen molar-refractivity contribution in [1.29, 1.82) is 0 Å². The van der Waals surface area contributed by atoms with Crippen molar-refractivity contribution in [2.24, 2.45) is 5.41 Å². The van der Waals surface area contributed by atoms with Crippen molar-refractivity contribution in [2.45, 2.75) is 67.9 Å². The third kappa shape index (κ3) is 13.2. The van der Waals surface area contributed by atoms with Gasteiger partial charge >= 0.3 is 6.03 Å². The number of carbonyl (C=O) groups is 2. The van der Waals surface area contributed by atoms with Crippen molar-refractivity contribution in [1.82, 2.24) is 10.6 Å². The number of carbonyl (C=O) groups excluding carboxylic acids is 2. The van der Waals surface area contributed by atoms with E-state index in [1.165, 1.54) is 6.92 Å². The molecule has 1 atom stereocenters. The van der Waals surface area contributed by atoms with Crippen LogP contribution < -0.4 is 10.6 Å². The second-order valence-electron chi connectivity index (χ2n) is 4.66. The van der Waals surface area contributed by atoms with E-state index in [1.54, 1.807) is 20.8 Å². The zero-order valence-electron chi connectivity index (χ0n) is 13.9. The van der Waals surface area contributed by atoms with Gasteiger partial charge in [0.2, 0.25) is 0 Å². The highest BCUT2D eigenvalue weighted by Gasteiger charge is 2.30. The van der Waals surface area contributed by atoms with E-state index in [1.807, 2.05) is 33.0 Å². The van der Waals surface area contributed by atoms with Crippen LogP contribution in [0.2, 0.25) is 0 Å². The molecule has 2 amide bonds. The summed E-state index contributed by atoms with van der Waals surface area (Å²) in [5.74, 6) is -0.209. The molecule has 0 aromatic rings. The van der Waals surface area contributed by atoms with Crippen molar-refractivity contribution < 1.29 is 18.4 Å². The Hall–Kier alpha value is -1.20. The Morgan fingerprint density at radius 3 is 1.70 bits per heavy atom. The molecule has 1 unspecified atom stereocenters. The van der Waals surface area contributed by atoms with Gasteiger partial charge < -0.3 is 10.6 Å². The van der Waals surface area contributed by atoms with Gasteiger partial charge in [0.05, 0.1) is 12.6 Å². The maximum atomic E-state index is 11.8. The fourth-order valence-corrected chi connectivity index (χ4v) is 1.28. The van der Waals surface area contributed by atoms with Gasteiger partial charge in [0.25, 0.3) is 6.43 Å². The Morgan fingerprint density at radius 2 is 1.45 bits per heavy atom. The lowest BCUT2D eigenvalue weighted by Gasteiger charge is -2.29. The molecule has 0 rings (SSSR count). The average Bonchev–Trinajstić information content (AvgIpc) is 2.36. The van der Waals surface area contributed by atoms with Crippen LogP contribution in [0.25, 0.3) is 0 Å². The van der Waals surface area contributed by atoms with Crippen LogP contribution in [0.3, 0.4) is 0 Å². The predicted molar refractivity (Wildman–Crippen MR) is 79.2 cm³/mol. The van der Waals surface area contributed by atoms with Gasteiger partial charge in [0.15, 0.2) is 5.78 Å². The number of urea groups is 1. The van der Waals surface area contributed by atoms with Gasteiger partial charge in [-0.05, 0) is 12.3 Å². The van der Waals surface area contributed by atoms with Crippen molar-refractivity contribution in [3.8, 4) is 0 Å². The van der Waals surface area contributed by atoms with Crippen molar-refractivity contribution in [2.75, 3.05) is 6.54 Å². The number of hydrogen-bond donors (Lipinski definition) is 2. The minimum Gasteiger partial charge on any atom is -0.332 e. The number of alkyl halides is 2. The minimum absolute atomic E-state index is 0.209. The first-order chi connectivity index (χ1) is 9.14. The van der Waals surface area contributed by atoms with E-state index in [9.17, 15) is 18.4 Å². The monoisotopic (exact) mass is 296 g/mol. The number of halogens is 2. The summed E-state index contributed by atoms with van der Waals surface area (Å²) in [6.45, 7) is 14.0. The fraction of sp³-hybridized carbons (Fsp3) is 0.857. The van der Waals surface area contributed by atoms with Crippen LogP contribution in [0.5, 0.6) is 0 Å². The van der Waals surface area contributed by atoms with Crippen LogP contribution in [0, 0.1) is 5.41 Å². The summed E-state index contributed by atoms with van der Waals surface area (Å²) in [7, 11) is 0. The Balaban J connectivity index is -0.000000656. The standard InChI is InChI=1S/C10H18F2N2O2.2C2H6/c1-6(15)8(10(2,3)4)14-9(16)13-5-7(11)12;2*1-2/h7-8H,5H2,1-4H3,(H2,13,14,16);2*1-2H3. The molecule has 0 aromatic carbocycles. The first-order valence-corrected chi connectivity index (χ1v) is 6.97. The summed E-state index contributed by atoms with van der Waals surface area (Å²) in [4.78, 5) is 22.5. The highest BCUT2D eigenvalue weighted by molar-refractivity contribution is 5.87. The second kappa shape index (κ2) is 12.8. The molecule has 20 heavy (non-hydrogen) atoms. The molecule has 0 heterocycles. The van der Waals surface area contributed by atoms with Crippen LogP contribution in [0.1, 0.15) is 55.4 Å². The molecule has 0 spiro atoms. The van der Waals surface area contributed by atoms with Crippen LogP contribution in [-0.2, 0) is 4.79 Å². The zero-order chi connectivity index (χ0) is 16.9. The molecular formula is C14H30F2N2O2. The molecule has 0 aliphatic rings. The van der Waals surface area contributed by atoms with Crippen molar-refractivity contribution in [3.63, 3.8) is 0 Å². The first kappa shape index (κ1) is 23.9. The van der Waals surface area contributed by atoms with Crippen molar-refractivity contribution >= 4 is 11.8 Å². The summed E-state index contributed by atoms with van der Waals surface area (Å²) in [6.07, 6.45) is -2.60. The molecule has 0 bridgehead atoms. The lowest BCUT2D eigenvalue weighted by Crippen LogP contribution is -2.52. The molecule has 0 saturated heterocycles. The molecule has 0 aliphatic carbocycles. The Labute approximate surface area is 121 Å². The molecule has 0 fully saturated rings. The van der Waals surface area contributed by atoms with Gasteiger partial charge in [-0.15, -0.1) is 0 Å². The second-order valence-corrected chi connectivity index (χ2v) is 4.66. The topological polar surface area (TPSA) is 58.2 Å². The maximum absolute atomic E-state index is 11.8. The van der Waals surface area contributed by atoms with Gasteiger partial charge in [0, 0.05) is 0 Å². The lowest BCUT2D eigenvalue weighted by atomic mass is 9.84. The third-order valence-corrected chi connectivity index (χ3v) is 1.96. The molecule has 0 radical (unpaired) electrons. The highest BCUT2D eigenvalue weighted by atomic mass is 19.3. The molecular weight excluding hydrogens is 266 g/mol. The molecule has 122 valence electrons. The summed E-state index contributed by atoms with van der Waals surface area (Å²) in [5.41, 5.74) is -0.450. The minimum atomic E-state index is -2.60. The van der Waals surface area contributed by atoms with Gasteiger partial charge in [-0.3, -0.25) is 4.79 Å². The van der Waals surface area contributed by atoms with Crippen molar-refractivity contribution in [3.05, 3.63) is 0 Å². The van der Waals surface area contributed by atoms with Gasteiger partial charge in [-0.2, -0.15) is 0 Å². The van der Waals surface area contributed by atoms with E-state index in [-0.39, 0.29) is 5.78 Å². The molecule has 2 N–H and O–H groups in total. The van der Waals surface area contributed by atoms with E-state index < -0.39 is 30.5 Å². The maximum Gasteiger partial charge on any atom is 0.315 e. The molecule has 0 aromatic heterocycles. The normalized spacial score (nSPS) is 11.3. The zero-order valence-corrected chi connectivity index (χ0v) is 13.9. The van der Waals surface area contributed by atoms with Crippen LogP contribution in [-0.4, -0.2) is 30.8 Å². The van der Waals surface area contributed by atoms with Crippen LogP contribution >= 0.6 is 0 Å². The van der Waals surface area contributed by atoms with E-state index >= 15 is 0 Å². The molecule has 6 heteroatoms. The number of hydrogen-bond acceptors (Lipinski definition) is 2. The Bertz CT molecular complexity index is 264. The van der Waals surface area contributed by atoms with E-state index in [0.717, 1.165) is 0 Å². The number of amides is 2. The average molecular weight is 296 g/mol. The first-order valence-electron chi connectivity index (χ1n) is 6.97. The quantitative estimate of drug-likeness (QED) is 0.832. The fourth-order valence-electron chi connectivity index (χ4n) is 1.28. The lowest BCUT2D eigenvalue weighted by molar-refractivity contribution is -0.121. The van der Waals surface area contributed by atoms with E-state index in [0.29, 0.717) is 0 Å². The largest absolute Gasteiger partial charge is 0.332 e. The number of nitrogens with one attached hydrogen (secondary N) is 2.